The minimum absolute atomic E-state index is 0.0719. The molecule has 0 bridgehead atoms. The number of halogens is 1. The standard InChI is InChI=1S/C23H27FN2O3/c1-16-10-11-20(24)19(14-16)15-25-22(27)21(18-8-4-3-5-9-18)17(2)29-23(28)26-12-6-7-13-26/h3-5,8-11,14,17,21H,6-7,12-13,15H2,1-2H3,(H,25,27). The maximum atomic E-state index is 14.0. The van der Waals surface area contributed by atoms with Crippen molar-refractivity contribution >= 4 is 12.0 Å². The summed E-state index contributed by atoms with van der Waals surface area (Å²) in [6, 6.07) is 14.0. The summed E-state index contributed by atoms with van der Waals surface area (Å²) in [6.45, 7) is 5.03. The molecule has 0 saturated carbocycles. The maximum absolute atomic E-state index is 14.0. The fourth-order valence-electron chi connectivity index (χ4n) is 3.63. The molecule has 3 rings (SSSR count). The van der Waals surface area contributed by atoms with Gasteiger partial charge in [-0.05, 0) is 38.3 Å². The number of hydrogen-bond donors (Lipinski definition) is 1. The van der Waals surface area contributed by atoms with Gasteiger partial charge in [-0.1, -0.05) is 48.0 Å². The number of hydrogen-bond acceptors (Lipinski definition) is 3. The van der Waals surface area contributed by atoms with Gasteiger partial charge in [-0.15, -0.1) is 0 Å². The van der Waals surface area contributed by atoms with Crippen LogP contribution in [0.4, 0.5) is 9.18 Å². The van der Waals surface area contributed by atoms with Gasteiger partial charge in [-0.25, -0.2) is 9.18 Å². The number of amides is 2. The Bertz CT molecular complexity index is 850. The van der Waals surface area contributed by atoms with E-state index >= 15 is 0 Å². The fraction of sp³-hybridized carbons (Fsp3) is 0.391. The molecular formula is C23H27FN2O3. The van der Waals surface area contributed by atoms with Crippen molar-refractivity contribution in [2.45, 2.75) is 45.3 Å². The highest BCUT2D eigenvalue weighted by molar-refractivity contribution is 5.84. The van der Waals surface area contributed by atoms with Gasteiger partial charge in [0.15, 0.2) is 0 Å². The van der Waals surface area contributed by atoms with Gasteiger partial charge in [-0.2, -0.15) is 0 Å². The van der Waals surface area contributed by atoms with Gasteiger partial charge in [0.1, 0.15) is 11.9 Å². The minimum atomic E-state index is -0.685. The smallest absolute Gasteiger partial charge is 0.410 e. The van der Waals surface area contributed by atoms with E-state index in [1.807, 2.05) is 37.3 Å². The summed E-state index contributed by atoms with van der Waals surface area (Å²) in [5.41, 5.74) is 2.09. The summed E-state index contributed by atoms with van der Waals surface area (Å²) in [5, 5.41) is 2.81. The van der Waals surface area contributed by atoms with Crippen LogP contribution in [-0.2, 0) is 16.1 Å². The summed E-state index contributed by atoms with van der Waals surface area (Å²) in [4.78, 5) is 27.1. The Morgan fingerprint density at radius 3 is 2.52 bits per heavy atom. The van der Waals surface area contributed by atoms with Crippen LogP contribution in [0.5, 0.6) is 0 Å². The van der Waals surface area contributed by atoms with Crippen LogP contribution < -0.4 is 5.32 Å². The summed E-state index contributed by atoms with van der Waals surface area (Å²) < 4.78 is 19.6. The first-order chi connectivity index (χ1) is 14.0. The van der Waals surface area contributed by atoms with E-state index in [4.69, 9.17) is 4.74 Å². The van der Waals surface area contributed by atoms with E-state index in [1.165, 1.54) is 6.07 Å². The zero-order chi connectivity index (χ0) is 20.8. The molecule has 0 aromatic heterocycles. The monoisotopic (exact) mass is 398 g/mol. The molecule has 2 unspecified atom stereocenters. The van der Waals surface area contributed by atoms with E-state index in [0.29, 0.717) is 18.7 Å². The van der Waals surface area contributed by atoms with E-state index in [-0.39, 0.29) is 18.3 Å². The molecule has 1 fully saturated rings. The number of likely N-dealkylation sites (tertiary alicyclic amines) is 1. The molecule has 5 nitrogen and oxygen atoms in total. The molecule has 1 aliphatic rings. The molecule has 29 heavy (non-hydrogen) atoms. The first-order valence-electron chi connectivity index (χ1n) is 9.99. The predicted molar refractivity (Wildman–Crippen MR) is 109 cm³/mol. The Morgan fingerprint density at radius 1 is 1.14 bits per heavy atom. The van der Waals surface area contributed by atoms with Gasteiger partial charge < -0.3 is 15.0 Å². The van der Waals surface area contributed by atoms with Crippen LogP contribution in [0, 0.1) is 12.7 Å². The van der Waals surface area contributed by atoms with Gasteiger partial charge in [0.05, 0.1) is 5.92 Å². The summed E-state index contributed by atoms with van der Waals surface area (Å²) in [7, 11) is 0. The van der Waals surface area contributed by atoms with Gasteiger partial charge in [0.25, 0.3) is 0 Å². The molecule has 2 aromatic carbocycles. The topological polar surface area (TPSA) is 58.6 Å². The molecule has 6 heteroatoms. The minimum Gasteiger partial charge on any atom is -0.445 e. The van der Waals surface area contributed by atoms with E-state index in [0.717, 1.165) is 24.0 Å². The number of nitrogens with zero attached hydrogens (tertiary/aromatic N) is 1. The van der Waals surface area contributed by atoms with E-state index in [2.05, 4.69) is 5.32 Å². The van der Waals surface area contributed by atoms with Crippen molar-refractivity contribution in [2.75, 3.05) is 13.1 Å². The summed E-state index contributed by atoms with van der Waals surface area (Å²) in [5.74, 6) is -1.35. The SMILES string of the molecule is Cc1ccc(F)c(CNC(=O)C(c2ccccc2)C(C)OC(=O)N2CCCC2)c1. The Labute approximate surface area is 170 Å². The van der Waals surface area contributed by atoms with Crippen LogP contribution in [-0.4, -0.2) is 36.1 Å². The highest BCUT2D eigenvalue weighted by Gasteiger charge is 2.31. The Kier molecular flexibility index (Phi) is 6.86. The molecule has 2 atom stereocenters. The molecular weight excluding hydrogens is 371 g/mol. The van der Waals surface area contributed by atoms with E-state index in [1.54, 1.807) is 24.0 Å². The molecule has 2 aromatic rings. The Morgan fingerprint density at radius 2 is 1.83 bits per heavy atom. The van der Waals surface area contributed by atoms with Crippen LogP contribution in [0.1, 0.15) is 42.4 Å². The largest absolute Gasteiger partial charge is 0.445 e. The Hall–Kier alpha value is -2.89. The zero-order valence-corrected chi connectivity index (χ0v) is 16.9. The average molecular weight is 398 g/mol. The fourth-order valence-corrected chi connectivity index (χ4v) is 3.63. The van der Waals surface area contributed by atoms with Gasteiger partial charge in [0.2, 0.25) is 5.91 Å². The van der Waals surface area contributed by atoms with E-state index in [9.17, 15) is 14.0 Å². The second kappa shape index (κ2) is 9.54. The highest BCUT2D eigenvalue weighted by atomic mass is 19.1. The van der Waals surface area contributed by atoms with Crippen molar-refractivity contribution in [3.8, 4) is 0 Å². The number of carbonyl (C=O) groups is 2. The van der Waals surface area contributed by atoms with Gasteiger partial charge >= 0.3 is 6.09 Å². The summed E-state index contributed by atoms with van der Waals surface area (Å²) >= 11 is 0. The third-order valence-electron chi connectivity index (χ3n) is 5.22. The molecule has 0 aliphatic carbocycles. The number of carbonyl (C=O) groups excluding carboxylic acids is 2. The number of nitrogens with one attached hydrogen (secondary N) is 1. The zero-order valence-electron chi connectivity index (χ0n) is 16.9. The maximum Gasteiger partial charge on any atom is 0.410 e. The predicted octanol–water partition coefficient (Wildman–Crippen LogP) is 4.16. The van der Waals surface area contributed by atoms with Crippen molar-refractivity contribution in [3.05, 3.63) is 71.0 Å². The molecule has 2 amide bonds. The van der Waals surface area contributed by atoms with Gasteiger partial charge in [-0.3, -0.25) is 4.79 Å². The van der Waals surface area contributed by atoms with Crippen molar-refractivity contribution in [1.82, 2.24) is 10.2 Å². The number of aryl methyl sites for hydroxylation is 1. The van der Waals surface area contributed by atoms with E-state index < -0.39 is 18.1 Å². The first kappa shape index (κ1) is 20.8. The quantitative estimate of drug-likeness (QED) is 0.795. The highest BCUT2D eigenvalue weighted by Crippen LogP contribution is 2.24. The lowest BCUT2D eigenvalue weighted by molar-refractivity contribution is -0.125. The lowest BCUT2D eigenvalue weighted by Gasteiger charge is -2.26. The third kappa shape index (κ3) is 5.34. The average Bonchev–Trinajstić information content (AvgIpc) is 3.25. The molecule has 0 radical (unpaired) electrons. The number of rotatable bonds is 6. The number of ether oxygens (including phenoxy) is 1. The van der Waals surface area contributed by atoms with Gasteiger partial charge in [0, 0.05) is 25.2 Å². The molecule has 1 saturated heterocycles. The first-order valence-corrected chi connectivity index (χ1v) is 9.99. The normalized spacial score (nSPS) is 15.6. The molecule has 1 aliphatic heterocycles. The lowest BCUT2D eigenvalue weighted by Crippen LogP contribution is -2.39. The van der Waals surface area contributed by atoms with Crippen molar-refractivity contribution in [1.29, 1.82) is 0 Å². The Balaban J connectivity index is 1.73. The van der Waals surface area contributed by atoms with Crippen LogP contribution in [0.25, 0.3) is 0 Å². The second-order valence-corrected chi connectivity index (χ2v) is 7.48. The van der Waals surface area contributed by atoms with Crippen LogP contribution in [0.3, 0.4) is 0 Å². The lowest BCUT2D eigenvalue weighted by atomic mass is 9.93. The number of benzene rings is 2. The van der Waals surface area contributed by atoms with Crippen molar-refractivity contribution in [3.63, 3.8) is 0 Å². The van der Waals surface area contributed by atoms with Crippen molar-refractivity contribution < 1.29 is 18.7 Å². The van der Waals surface area contributed by atoms with Crippen LogP contribution in [0.2, 0.25) is 0 Å². The molecule has 0 spiro atoms. The summed E-state index contributed by atoms with van der Waals surface area (Å²) in [6.07, 6.45) is 0.878. The molecule has 1 N–H and O–H groups in total. The van der Waals surface area contributed by atoms with Crippen LogP contribution >= 0.6 is 0 Å². The van der Waals surface area contributed by atoms with Crippen molar-refractivity contribution in [2.24, 2.45) is 0 Å². The van der Waals surface area contributed by atoms with Crippen LogP contribution in [0.15, 0.2) is 48.5 Å². The third-order valence-corrected chi connectivity index (χ3v) is 5.22. The second-order valence-electron chi connectivity index (χ2n) is 7.48. The molecule has 154 valence electrons. The molecule has 1 heterocycles.